The zero-order valence-electron chi connectivity index (χ0n) is 21.8. The lowest BCUT2D eigenvalue weighted by Gasteiger charge is -2.45. The van der Waals surface area contributed by atoms with Gasteiger partial charge in [-0.1, -0.05) is 33.4 Å². The summed E-state index contributed by atoms with van der Waals surface area (Å²) in [5.41, 5.74) is 0.425. The number of piperidine rings is 1. The van der Waals surface area contributed by atoms with Crippen LogP contribution in [0.2, 0.25) is 18.1 Å². The van der Waals surface area contributed by atoms with E-state index in [0.717, 1.165) is 4.90 Å². The highest BCUT2D eigenvalue weighted by atomic mass is 28.4. The first-order chi connectivity index (χ1) is 16.4. The van der Waals surface area contributed by atoms with Gasteiger partial charge in [-0.25, -0.2) is 9.69 Å². The van der Waals surface area contributed by atoms with Crippen molar-refractivity contribution in [2.75, 3.05) is 32.3 Å². The molecule has 1 fully saturated rings. The second kappa shape index (κ2) is 10.2. The topological polar surface area (TPSA) is 97.8 Å². The Morgan fingerprint density at radius 3 is 2.43 bits per heavy atom. The van der Waals surface area contributed by atoms with Crippen molar-refractivity contribution in [3.05, 3.63) is 30.4 Å². The Bertz CT molecular complexity index is 975. The molecule has 3 atom stereocenters. The standard InChI is InChI=1S/C25H38N2O7Si/c1-9-12-33-24(30)27-18-15-21(32-6)20(31-5)14-17(18)22(28)26-11-10-16(13-19(26)23(27)29)34-35(7,8)25(2,3)4/h9,14-16,19,23,29H,1,10-13H2,2-8H3/t16-,19+,23?/m1/s1. The largest absolute Gasteiger partial charge is 0.493 e. The maximum absolute atomic E-state index is 13.7. The summed E-state index contributed by atoms with van der Waals surface area (Å²) in [4.78, 5) is 29.6. The summed E-state index contributed by atoms with van der Waals surface area (Å²) in [5, 5.41) is 11.6. The Kier molecular flexibility index (Phi) is 7.88. The lowest BCUT2D eigenvalue weighted by molar-refractivity contribution is -0.00772. The van der Waals surface area contributed by atoms with Crippen LogP contribution in [-0.2, 0) is 9.16 Å². The number of methoxy groups -OCH3 is 2. The molecule has 194 valence electrons. The number of fused-ring (bicyclic) bond motifs is 2. The summed E-state index contributed by atoms with van der Waals surface area (Å²) in [6.45, 7) is 14.8. The Labute approximate surface area is 208 Å². The fourth-order valence-electron chi connectivity index (χ4n) is 4.31. The van der Waals surface area contributed by atoms with Crippen molar-refractivity contribution in [1.29, 1.82) is 0 Å². The molecular weight excluding hydrogens is 468 g/mol. The Balaban J connectivity index is 2.05. The van der Waals surface area contributed by atoms with Gasteiger partial charge in [-0.05, 0) is 37.0 Å². The summed E-state index contributed by atoms with van der Waals surface area (Å²) >= 11 is 0. The van der Waals surface area contributed by atoms with Crippen LogP contribution in [0, 0.1) is 0 Å². The molecule has 1 aromatic carbocycles. The first kappa shape index (κ1) is 27.0. The van der Waals surface area contributed by atoms with E-state index in [1.807, 2.05) is 0 Å². The molecule has 0 radical (unpaired) electrons. The molecule has 0 bridgehead atoms. The number of hydrogen-bond donors (Lipinski definition) is 1. The van der Waals surface area contributed by atoms with Crippen LogP contribution in [0.1, 0.15) is 44.0 Å². The molecule has 2 aliphatic rings. The molecule has 1 unspecified atom stereocenters. The van der Waals surface area contributed by atoms with E-state index in [2.05, 4.69) is 40.4 Å². The molecule has 3 rings (SSSR count). The number of carbonyl (C=O) groups is 2. The van der Waals surface area contributed by atoms with E-state index >= 15 is 0 Å². The minimum absolute atomic E-state index is 0.0197. The normalized spacial score (nSPS) is 22.6. The smallest absolute Gasteiger partial charge is 0.416 e. The average Bonchev–Trinajstić information content (AvgIpc) is 2.88. The summed E-state index contributed by atoms with van der Waals surface area (Å²) in [7, 11) is 0.859. The number of anilines is 1. The van der Waals surface area contributed by atoms with Gasteiger partial charge in [0.15, 0.2) is 26.0 Å². The van der Waals surface area contributed by atoms with Crippen LogP contribution in [0.5, 0.6) is 11.5 Å². The van der Waals surface area contributed by atoms with Crippen LogP contribution in [-0.4, -0.2) is 76.1 Å². The van der Waals surface area contributed by atoms with Crippen molar-refractivity contribution in [2.24, 2.45) is 0 Å². The van der Waals surface area contributed by atoms with Crippen molar-refractivity contribution >= 4 is 26.0 Å². The molecule has 0 aromatic heterocycles. The molecular formula is C25H38N2O7Si. The van der Waals surface area contributed by atoms with E-state index in [9.17, 15) is 14.7 Å². The first-order valence-corrected chi connectivity index (χ1v) is 14.8. The van der Waals surface area contributed by atoms with E-state index in [1.54, 1.807) is 4.90 Å². The molecule has 0 spiro atoms. The molecule has 9 nitrogen and oxygen atoms in total. The molecule has 1 N–H and O–H groups in total. The molecule has 2 amide bonds. The Morgan fingerprint density at radius 2 is 1.86 bits per heavy atom. The molecule has 10 heteroatoms. The van der Waals surface area contributed by atoms with Crippen molar-refractivity contribution in [3.63, 3.8) is 0 Å². The van der Waals surface area contributed by atoms with Crippen molar-refractivity contribution in [3.8, 4) is 11.5 Å². The highest BCUT2D eigenvalue weighted by Gasteiger charge is 2.48. The molecule has 1 aromatic rings. The van der Waals surface area contributed by atoms with E-state index in [-0.39, 0.29) is 34.9 Å². The fourth-order valence-corrected chi connectivity index (χ4v) is 5.71. The van der Waals surface area contributed by atoms with E-state index in [0.29, 0.717) is 30.9 Å². The minimum Gasteiger partial charge on any atom is -0.493 e. The molecule has 2 aliphatic heterocycles. The number of nitrogens with zero attached hydrogens (tertiary/aromatic N) is 2. The van der Waals surface area contributed by atoms with E-state index in [4.69, 9.17) is 18.6 Å². The van der Waals surface area contributed by atoms with Gasteiger partial charge in [0.05, 0.1) is 31.5 Å². The summed E-state index contributed by atoms with van der Waals surface area (Å²) in [6, 6.07) is 2.39. The van der Waals surface area contributed by atoms with Gasteiger partial charge in [-0.15, -0.1) is 0 Å². The van der Waals surface area contributed by atoms with Crippen LogP contribution in [0.3, 0.4) is 0 Å². The molecule has 2 heterocycles. The monoisotopic (exact) mass is 506 g/mol. The number of hydrogen-bond acceptors (Lipinski definition) is 7. The number of benzene rings is 1. The highest BCUT2D eigenvalue weighted by Crippen LogP contribution is 2.43. The van der Waals surface area contributed by atoms with E-state index in [1.165, 1.54) is 32.4 Å². The van der Waals surface area contributed by atoms with Crippen LogP contribution >= 0.6 is 0 Å². The van der Waals surface area contributed by atoms with Gasteiger partial charge in [-0.3, -0.25) is 4.79 Å². The number of rotatable bonds is 6. The number of ether oxygens (including phenoxy) is 3. The van der Waals surface area contributed by atoms with Gasteiger partial charge in [0.25, 0.3) is 5.91 Å². The van der Waals surface area contributed by atoms with Gasteiger partial charge in [0.1, 0.15) is 6.61 Å². The second-order valence-corrected chi connectivity index (χ2v) is 15.2. The third-order valence-electron chi connectivity index (χ3n) is 7.25. The van der Waals surface area contributed by atoms with Crippen LogP contribution in [0.25, 0.3) is 0 Å². The summed E-state index contributed by atoms with van der Waals surface area (Å²) < 4.78 is 22.7. The quantitative estimate of drug-likeness (QED) is 0.457. The number of aliphatic hydroxyl groups excluding tert-OH is 1. The van der Waals surface area contributed by atoms with Gasteiger partial charge < -0.3 is 28.6 Å². The van der Waals surface area contributed by atoms with Crippen molar-refractivity contribution < 1.29 is 33.3 Å². The molecule has 0 aliphatic carbocycles. The van der Waals surface area contributed by atoms with Gasteiger partial charge >= 0.3 is 6.09 Å². The van der Waals surface area contributed by atoms with Gasteiger partial charge in [0.2, 0.25) is 0 Å². The van der Waals surface area contributed by atoms with Crippen LogP contribution in [0.15, 0.2) is 24.8 Å². The van der Waals surface area contributed by atoms with Crippen LogP contribution in [0.4, 0.5) is 10.5 Å². The maximum atomic E-state index is 13.7. The predicted molar refractivity (Wildman–Crippen MR) is 136 cm³/mol. The van der Waals surface area contributed by atoms with E-state index < -0.39 is 26.7 Å². The fraction of sp³-hybridized carbons (Fsp3) is 0.600. The third-order valence-corrected chi connectivity index (χ3v) is 11.8. The summed E-state index contributed by atoms with van der Waals surface area (Å²) in [5.74, 6) is 0.379. The minimum atomic E-state index is -2.08. The Hall–Kier alpha value is -2.56. The number of aliphatic hydroxyl groups is 1. The lowest BCUT2D eigenvalue weighted by atomic mass is 9.97. The number of amides is 2. The Morgan fingerprint density at radius 1 is 1.23 bits per heavy atom. The predicted octanol–water partition coefficient (Wildman–Crippen LogP) is 4.16. The zero-order valence-corrected chi connectivity index (χ0v) is 22.8. The second-order valence-electron chi connectivity index (χ2n) is 10.5. The molecule has 1 saturated heterocycles. The van der Waals surface area contributed by atoms with Crippen LogP contribution < -0.4 is 14.4 Å². The molecule has 35 heavy (non-hydrogen) atoms. The maximum Gasteiger partial charge on any atom is 0.416 e. The van der Waals surface area contributed by atoms with Gasteiger partial charge in [-0.2, -0.15) is 0 Å². The third kappa shape index (κ3) is 5.19. The zero-order chi connectivity index (χ0) is 26.1. The number of carbonyl (C=O) groups excluding carboxylic acids is 2. The van der Waals surface area contributed by atoms with Crippen molar-refractivity contribution in [2.45, 2.75) is 70.1 Å². The average molecular weight is 507 g/mol. The van der Waals surface area contributed by atoms with Gasteiger partial charge in [0, 0.05) is 18.7 Å². The van der Waals surface area contributed by atoms with Crippen molar-refractivity contribution in [1.82, 2.24) is 4.90 Å². The highest BCUT2D eigenvalue weighted by molar-refractivity contribution is 6.74. The molecule has 0 saturated carbocycles. The SMILES string of the molecule is C=CCOC(=O)N1c2cc(OC)c(OC)cc2C(=O)N2CC[C@@H](O[Si](C)(C)C(C)(C)C)C[C@H]2C1O. The first-order valence-electron chi connectivity index (χ1n) is 11.9. The lowest BCUT2D eigenvalue weighted by Crippen LogP contribution is -2.58. The summed E-state index contributed by atoms with van der Waals surface area (Å²) in [6.07, 6.45) is 0.210.